The molecular formula is C10H14O2. The predicted molar refractivity (Wildman–Crippen MR) is 45.8 cm³/mol. The second-order valence-electron chi connectivity index (χ2n) is 3.92. The molecule has 12 heavy (non-hydrogen) atoms. The summed E-state index contributed by atoms with van der Waals surface area (Å²) in [6.45, 7) is 4.85. The van der Waals surface area contributed by atoms with Crippen LogP contribution in [0, 0.1) is 11.8 Å². The molecule has 2 aliphatic rings. The van der Waals surface area contributed by atoms with Gasteiger partial charge < -0.3 is 4.74 Å². The van der Waals surface area contributed by atoms with Gasteiger partial charge >= 0.3 is 0 Å². The van der Waals surface area contributed by atoms with E-state index < -0.39 is 0 Å². The summed E-state index contributed by atoms with van der Waals surface area (Å²) in [6.07, 6.45) is 2.89. The van der Waals surface area contributed by atoms with Gasteiger partial charge in [-0.05, 0) is 24.5 Å². The third-order valence-corrected chi connectivity index (χ3v) is 2.98. The van der Waals surface area contributed by atoms with E-state index in [-0.39, 0.29) is 6.10 Å². The average Bonchev–Trinajstić information content (AvgIpc) is 2.35. The molecule has 0 aromatic rings. The van der Waals surface area contributed by atoms with Gasteiger partial charge in [0.15, 0.2) is 5.78 Å². The van der Waals surface area contributed by atoms with Gasteiger partial charge in [0.05, 0.1) is 12.7 Å². The Kier molecular flexibility index (Phi) is 1.80. The number of rotatable bonds is 0. The Hall–Kier alpha value is -0.630. The molecule has 0 aromatic carbocycles. The van der Waals surface area contributed by atoms with Crippen molar-refractivity contribution < 1.29 is 9.53 Å². The standard InChI is InChI=1S/C10H14O2/c1-6-3-10-8(4-9(6)11)7(2)5-12-10/h3,7-8,10H,4-5H2,1-2H3. The molecule has 2 heteroatoms. The van der Waals surface area contributed by atoms with E-state index in [1.54, 1.807) is 0 Å². The van der Waals surface area contributed by atoms with Crippen molar-refractivity contribution in [3.63, 3.8) is 0 Å². The third-order valence-electron chi connectivity index (χ3n) is 2.98. The maximum atomic E-state index is 11.4. The maximum absolute atomic E-state index is 11.4. The zero-order chi connectivity index (χ0) is 8.72. The van der Waals surface area contributed by atoms with Gasteiger partial charge in [-0.1, -0.05) is 6.92 Å². The number of carbonyl (C=O) groups excluding carboxylic acids is 1. The Morgan fingerprint density at radius 2 is 2.33 bits per heavy atom. The molecule has 2 nitrogen and oxygen atoms in total. The van der Waals surface area contributed by atoms with Crippen LogP contribution in [0.2, 0.25) is 0 Å². The second kappa shape index (κ2) is 2.70. The summed E-state index contributed by atoms with van der Waals surface area (Å²) >= 11 is 0. The van der Waals surface area contributed by atoms with Gasteiger partial charge in [0.25, 0.3) is 0 Å². The highest BCUT2D eigenvalue weighted by atomic mass is 16.5. The summed E-state index contributed by atoms with van der Waals surface area (Å²) in [5.74, 6) is 1.29. The fraction of sp³-hybridized carbons (Fsp3) is 0.700. The van der Waals surface area contributed by atoms with Gasteiger partial charge in [-0.2, -0.15) is 0 Å². The molecule has 1 aliphatic heterocycles. The van der Waals surface area contributed by atoms with Crippen LogP contribution < -0.4 is 0 Å². The lowest BCUT2D eigenvalue weighted by Crippen LogP contribution is -2.26. The molecule has 1 fully saturated rings. The first kappa shape index (κ1) is 7.99. The van der Waals surface area contributed by atoms with E-state index in [0.717, 1.165) is 12.2 Å². The molecule has 0 aromatic heterocycles. The lowest BCUT2D eigenvalue weighted by molar-refractivity contribution is -0.117. The lowest BCUT2D eigenvalue weighted by Gasteiger charge is -2.22. The van der Waals surface area contributed by atoms with E-state index in [4.69, 9.17) is 4.74 Å². The van der Waals surface area contributed by atoms with E-state index in [1.807, 2.05) is 13.0 Å². The quantitative estimate of drug-likeness (QED) is 0.546. The van der Waals surface area contributed by atoms with Crippen LogP contribution in [0.4, 0.5) is 0 Å². The molecule has 0 saturated carbocycles. The van der Waals surface area contributed by atoms with Crippen molar-refractivity contribution in [3.05, 3.63) is 11.6 Å². The molecule has 1 aliphatic carbocycles. The first-order valence-electron chi connectivity index (χ1n) is 4.51. The second-order valence-corrected chi connectivity index (χ2v) is 3.92. The molecule has 2 rings (SSSR count). The van der Waals surface area contributed by atoms with E-state index in [9.17, 15) is 4.79 Å². The zero-order valence-electron chi connectivity index (χ0n) is 7.54. The number of ether oxygens (including phenoxy) is 1. The van der Waals surface area contributed by atoms with Crippen molar-refractivity contribution in [1.82, 2.24) is 0 Å². The van der Waals surface area contributed by atoms with E-state index in [0.29, 0.717) is 24.0 Å². The van der Waals surface area contributed by atoms with Crippen LogP contribution >= 0.6 is 0 Å². The summed E-state index contributed by atoms with van der Waals surface area (Å²) in [6, 6.07) is 0. The number of ketones is 1. The van der Waals surface area contributed by atoms with Crippen LogP contribution in [-0.4, -0.2) is 18.5 Å². The molecule has 3 unspecified atom stereocenters. The minimum atomic E-state index is 0.220. The number of Topliss-reactive ketones (excluding diaryl/α,β-unsaturated/α-hetero) is 1. The van der Waals surface area contributed by atoms with Gasteiger partial charge in [0, 0.05) is 12.3 Å². The van der Waals surface area contributed by atoms with Crippen LogP contribution in [0.3, 0.4) is 0 Å². The van der Waals surface area contributed by atoms with Crippen molar-refractivity contribution in [1.29, 1.82) is 0 Å². The minimum Gasteiger partial charge on any atom is -0.374 e. The lowest BCUT2D eigenvalue weighted by atomic mass is 9.81. The highest BCUT2D eigenvalue weighted by Crippen LogP contribution is 2.35. The SMILES string of the molecule is CC1=CC2OCC(C)C2CC1=O. The fourth-order valence-electron chi connectivity index (χ4n) is 2.04. The molecule has 3 atom stereocenters. The summed E-state index contributed by atoms with van der Waals surface area (Å²) in [7, 11) is 0. The monoisotopic (exact) mass is 166 g/mol. The molecule has 0 N–H and O–H groups in total. The molecule has 0 radical (unpaired) electrons. The molecule has 0 spiro atoms. The van der Waals surface area contributed by atoms with Crippen molar-refractivity contribution in [2.24, 2.45) is 11.8 Å². The van der Waals surface area contributed by atoms with Crippen LogP contribution in [-0.2, 0) is 9.53 Å². The molecule has 1 heterocycles. The topological polar surface area (TPSA) is 26.3 Å². The number of allylic oxidation sites excluding steroid dienone is 1. The fourth-order valence-corrected chi connectivity index (χ4v) is 2.04. The molecule has 66 valence electrons. The van der Waals surface area contributed by atoms with Crippen LogP contribution in [0.5, 0.6) is 0 Å². The van der Waals surface area contributed by atoms with Gasteiger partial charge in [0.1, 0.15) is 0 Å². The van der Waals surface area contributed by atoms with Gasteiger partial charge in [-0.25, -0.2) is 0 Å². The highest BCUT2D eigenvalue weighted by Gasteiger charge is 2.37. The Bertz CT molecular complexity index is 242. The number of carbonyl (C=O) groups is 1. The van der Waals surface area contributed by atoms with Gasteiger partial charge in [-0.15, -0.1) is 0 Å². The summed E-state index contributed by atoms with van der Waals surface area (Å²) in [5, 5.41) is 0. The van der Waals surface area contributed by atoms with Crippen molar-refractivity contribution >= 4 is 5.78 Å². The highest BCUT2D eigenvalue weighted by molar-refractivity contribution is 5.96. The molecular weight excluding hydrogens is 152 g/mol. The Balaban J connectivity index is 2.24. The Morgan fingerprint density at radius 3 is 3.08 bits per heavy atom. The molecule has 1 saturated heterocycles. The minimum absolute atomic E-state index is 0.220. The van der Waals surface area contributed by atoms with Crippen LogP contribution in [0.1, 0.15) is 20.3 Å². The van der Waals surface area contributed by atoms with Gasteiger partial charge in [-0.3, -0.25) is 4.79 Å². The summed E-state index contributed by atoms with van der Waals surface area (Å²) < 4.78 is 5.56. The van der Waals surface area contributed by atoms with E-state index >= 15 is 0 Å². The first-order chi connectivity index (χ1) is 5.68. The third kappa shape index (κ3) is 1.11. The summed E-state index contributed by atoms with van der Waals surface area (Å²) in [4.78, 5) is 11.4. The molecule has 0 bridgehead atoms. The van der Waals surface area contributed by atoms with Crippen LogP contribution in [0.25, 0.3) is 0 Å². The van der Waals surface area contributed by atoms with E-state index in [2.05, 4.69) is 6.92 Å². The van der Waals surface area contributed by atoms with Crippen molar-refractivity contribution in [3.8, 4) is 0 Å². The first-order valence-corrected chi connectivity index (χ1v) is 4.51. The van der Waals surface area contributed by atoms with Crippen molar-refractivity contribution in [2.45, 2.75) is 26.4 Å². The Labute approximate surface area is 72.6 Å². The Morgan fingerprint density at radius 1 is 1.58 bits per heavy atom. The van der Waals surface area contributed by atoms with E-state index in [1.165, 1.54) is 0 Å². The number of fused-ring (bicyclic) bond motifs is 1. The predicted octanol–water partition coefficient (Wildman–Crippen LogP) is 1.56. The van der Waals surface area contributed by atoms with Gasteiger partial charge in [0.2, 0.25) is 0 Å². The van der Waals surface area contributed by atoms with Crippen LogP contribution in [0.15, 0.2) is 11.6 Å². The largest absolute Gasteiger partial charge is 0.374 e. The average molecular weight is 166 g/mol. The summed E-state index contributed by atoms with van der Waals surface area (Å²) in [5.41, 5.74) is 0.880. The maximum Gasteiger partial charge on any atom is 0.158 e. The van der Waals surface area contributed by atoms with Crippen molar-refractivity contribution in [2.75, 3.05) is 6.61 Å². The zero-order valence-corrected chi connectivity index (χ0v) is 7.54. The number of hydrogen-bond donors (Lipinski definition) is 0. The number of hydrogen-bond acceptors (Lipinski definition) is 2. The molecule has 0 amide bonds. The smallest absolute Gasteiger partial charge is 0.158 e. The normalized spacial score (nSPS) is 41.0.